The Morgan fingerprint density at radius 2 is 1.11 bits per heavy atom. The number of halogens is 2. The normalized spacial score (nSPS) is 11.9. The molecule has 3 aromatic carbocycles. The molecule has 4 rings (SSSR count). The molecule has 0 aliphatic heterocycles. The van der Waals surface area contributed by atoms with Gasteiger partial charge in [0.1, 0.15) is 0 Å². The largest absolute Gasteiger partial charge is 0.0827 e. The zero-order chi connectivity index (χ0) is 12.3. The topological polar surface area (TPSA) is 0 Å². The predicted octanol–water partition coefficient (Wildman–Crippen LogP) is 5.79. The minimum Gasteiger partial charge on any atom is -0.0827 e. The molecule has 0 spiro atoms. The van der Waals surface area contributed by atoms with E-state index in [9.17, 15) is 0 Å². The van der Waals surface area contributed by atoms with Crippen molar-refractivity contribution < 1.29 is 0 Å². The number of hydrogen-bond donors (Lipinski definition) is 0. The molecule has 2 heteroatoms. The highest BCUT2D eigenvalue weighted by molar-refractivity contribution is 6.42. The van der Waals surface area contributed by atoms with Crippen LogP contribution >= 0.6 is 23.2 Å². The zero-order valence-corrected chi connectivity index (χ0v) is 10.9. The van der Waals surface area contributed by atoms with Crippen molar-refractivity contribution in [2.75, 3.05) is 0 Å². The highest BCUT2D eigenvalue weighted by atomic mass is 35.5. The van der Waals surface area contributed by atoms with Crippen LogP contribution in [0.1, 0.15) is 0 Å². The molecule has 0 heterocycles. The van der Waals surface area contributed by atoms with Crippen LogP contribution in [0.4, 0.5) is 0 Å². The van der Waals surface area contributed by atoms with Crippen molar-refractivity contribution in [1.82, 2.24) is 0 Å². The Morgan fingerprint density at radius 1 is 0.611 bits per heavy atom. The molecule has 3 aromatic rings. The first-order valence-corrected chi connectivity index (χ1v) is 6.53. The van der Waals surface area contributed by atoms with Crippen molar-refractivity contribution in [3.05, 3.63) is 58.6 Å². The fourth-order valence-corrected chi connectivity index (χ4v) is 3.11. The average molecular weight is 271 g/mol. The summed E-state index contributed by atoms with van der Waals surface area (Å²) in [5.41, 5.74) is 4.85. The second kappa shape index (κ2) is 3.50. The maximum atomic E-state index is 6.14. The lowest BCUT2D eigenvalue weighted by Crippen LogP contribution is -1.77. The van der Waals surface area contributed by atoms with E-state index in [0.29, 0.717) is 10.0 Å². The molecule has 0 bridgehead atoms. The second-order valence-electron chi connectivity index (χ2n) is 4.52. The summed E-state index contributed by atoms with van der Waals surface area (Å²) in [5, 5.41) is 3.78. The Labute approximate surface area is 115 Å². The van der Waals surface area contributed by atoms with Crippen LogP contribution in [0, 0.1) is 0 Å². The molecular weight excluding hydrogens is 263 g/mol. The average Bonchev–Trinajstić information content (AvgIpc) is 2.68. The lowest BCUT2D eigenvalue weighted by molar-refractivity contribution is 1.69. The van der Waals surface area contributed by atoms with Crippen LogP contribution in [-0.4, -0.2) is 0 Å². The monoisotopic (exact) mass is 270 g/mol. The summed E-state index contributed by atoms with van der Waals surface area (Å²) in [7, 11) is 0. The minimum atomic E-state index is 0.611. The quantitative estimate of drug-likeness (QED) is 0.379. The Bertz CT molecular complexity index is 740. The van der Waals surface area contributed by atoms with E-state index in [2.05, 4.69) is 36.4 Å². The smallest absolute Gasteiger partial charge is 0.0598 e. The molecule has 0 saturated heterocycles. The van der Waals surface area contributed by atoms with Gasteiger partial charge in [-0.25, -0.2) is 0 Å². The Hall–Kier alpha value is -1.50. The maximum absolute atomic E-state index is 6.14. The Kier molecular flexibility index (Phi) is 2.03. The van der Waals surface area contributed by atoms with Gasteiger partial charge in [0, 0.05) is 0 Å². The van der Waals surface area contributed by atoms with Crippen molar-refractivity contribution in [3.63, 3.8) is 0 Å². The summed E-state index contributed by atoms with van der Waals surface area (Å²) in [5.74, 6) is 0. The summed E-state index contributed by atoms with van der Waals surface area (Å²) in [6.45, 7) is 0. The third kappa shape index (κ3) is 1.22. The summed E-state index contributed by atoms with van der Waals surface area (Å²) in [6.07, 6.45) is 0. The lowest BCUT2D eigenvalue weighted by atomic mass is 10.0. The van der Waals surface area contributed by atoms with E-state index >= 15 is 0 Å². The van der Waals surface area contributed by atoms with Crippen LogP contribution in [-0.2, 0) is 0 Å². The Balaban J connectivity index is 2.24. The molecule has 0 aromatic heterocycles. The van der Waals surface area contributed by atoms with Crippen molar-refractivity contribution in [2.24, 2.45) is 0 Å². The molecule has 0 atom stereocenters. The number of benzene rings is 3. The van der Waals surface area contributed by atoms with E-state index in [-0.39, 0.29) is 0 Å². The summed E-state index contributed by atoms with van der Waals surface area (Å²) >= 11 is 12.3. The molecule has 1 aliphatic rings. The van der Waals surface area contributed by atoms with Crippen LogP contribution in [0.5, 0.6) is 0 Å². The first-order valence-electron chi connectivity index (χ1n) is 5.77. The molecule has 18 heavy (non-hydrogen) atoms. The fourth-order valence-electron chi connectivity index (χ4n) is 2.78. The Morgan fingerprint density at radius 3 is 1.61 bits per heavy atom. The molecule has 1 aliphatic carbocycles. The molecule has 0 nitrogen and oxygen atoms in total. The molecule has 0 fully saturated rings. The first kappa shape index (κ1) is 10.4. The number of hydrogen-bond acceptors (Lipinski definition) is 0. The molecule has 0 N–H and O–H groups in total. The van der Waals surface area contributed by atoms with E-state index in [1.807, 2.05) is 12.1 Å². The SMILES string of the molecule is Clc1cc2c(cc1Cl)-c1cccc3cccc-2c13. The van der Waals surface area contributed by atoms with Gasteiger partial charge in [-0.15, -0.1) is 0 Å². The van der Waals surface area contributed by atoms with E-state index < -0.39 is 0 Å². The van der Waals surface area contributed by atoms with Gasteiger partial charge in [0.15, 0.2) is 0 Å². The van der Waals surface area contributed by atoms with Gasteiger partial charge >= 0.3 is 0 Å². The van der Waals surface area contributed by atoms with Crippen molar-refractivity contribution >= 4 is 34.0 Å². The van der Waals surface area contributed by atoms with Crippen molar-refractivity contribution in [3.8, 4) is 22.3 Å². The van der Waals surface area contributed by atoms with Gasteiger partial charge in [0.25, 0.3) is 0 Å². The fraction of sp³-hybridized carbons (Fsp3) is 0. The van der Waals surface area contributed by atoms with Crippen molar-refractivity contribution in [2.45, 2.75) is 0 Å². The molecule has 0 saturated carbocycles. The van der Waals surface area contributed by atoms with Gasteiger partial charge < -0.3 is 0 Å². The zero-order valence-electron chi connectivity index (χ0n) is 9.37. The van der Waals surface area contributed by atoms with Crippen LogP contribution in [0.3, 0.4) is 0 Å². The third-order valence-electron chi connectivity index (χ3n) is 3.55. The van der Waals surface area contributed by atoms with Crippen molar-refractivity contribution in [1.29, 1.82) is 0 Å². The lowest BCUT2D eigenvalue weighted by Gasteiger charge is -2.03. The molecular formula is C16H8Cl2. The van der Waals surface area contributed by atoms with Crippen LogP contribution in [0.15, 0.2) is 48.5 Å². The third-order valence-corrected chi connectivity index (χ3v) is 4.27. The van der Waals surface area contributed by atoms with Gasteiger partial charge in [-0.3, -0.25) is 0 Å². The van der Waals surface area contributed by atoms with E-state index in [1.165, 1.54) is 33.0 Å². The maximum Gasteiger partial charge on any atom is 0.0598 e. The summed E-state index contributed by atoms with van der Waals surface area (Å²) in [4.78, 5) is 0. The minimum absolute atomic E-state index is 0.611. The highest BCUT2D eigenvalue weighted by Gasteiger charge is 2.21. The molecule has 0 amide bonds. The van der Waals surface area contributed by atoms with Crippen LogP contribution < -0.4 is 0 Å². The number of rotatable bonds is 0. The summed E-state index contributed by atoms with van der Waals surface area (Å²) in [6, 6.07) is 16.7. The second-order valence-corrected chi connectivity index (χ2v) is 5.34. The van der Waals surface area contributed by atoms with E-state index in [1.54, 1.807) is 0 Å². The van der Waals surface area contributed by atoms with Crippen LogP contribution in [0.25, 0.3) is 33.0 Å². The molecule has 0 unspecified atom stereocenters. The molecule has 86 valence electrons. The first-order chi connectivity index (χ1) is 8.75. The van der Waals surface area contributed by atoms with Crippen LogP contribution in [0.2, 0.25) is 10.0 Å². The van der Waals surface area contributed by atoms with Gasteiger partial charge in [-0.05, 0) is 45.2 Å². The number of fused-ring (bicyclic) bond motifs is 3. The standard InChI is InChI=1S/C16H8Cl2/c17-14-7-12-10-5-1-3-9-4-2-6-11(16(9)10)13(12)8-15(14)18/h1-8H. The van der Waals surface area contributed by atoms with Gasteiger partial charge in [0.2, 0.25) is 0 Å². The molecule has 0 radical (unpaired) electrons. The van der Waals surface area contributed by atoms with Gasteiger partial charge in [0.05, 0.1) is 10.0 Å². The van der Waals surface area contributed by atoms with E-state index in [4.69, 9.17) is 23.2 Å². The highest BCUT2D eigenvalue weighted by Crippen LogP contribution is 2.49. The van der Waals surface area contributed by atoms with Gasteiger partial charge in [-0.2, -0.15) is 0 Å². The summed E-state index contributed by atoms with van der Waals surface area (Å²) < 4.78 is 0. The van der Waals surface area contributed by atoms with E-state index in [0.717, 1.165) is 0 Å². The predicted molar refractivity (Wildman–Crippen MR) is 78.4 cm³/mol. The van der Waals surface area contributed by atoms with Gasteiger partial charge in [-0.1, -0.05) is 59.6 Å².